The first kappa shape index (κ1) is 16.2. The lowest BCUT2D eigenvalue weighted by Crippen LogP contribution is -2.53. The van der Waals surface area contributed by atoms with Crippen LogP contribution in [0.5, 0.6) is 0 Å². The molecule has 2 rings (SSSR count). The second kappa shape index (κ2) is 7.20. The number of nitrogens with zero attached hydrogens (tertiary/aromatic N) is 2. The molecule has 2 aliphatic heterocycles. The van der Waals surface area contributed by atoms with Crippen LogP contribution in [-0.2, 0) is 10.2 Å². The van der Waals surface area contributed by atoms with E-state index in [0.29, 0.717) is 32.1 Å². The predicted molar refractivity (Wildman–Crippen MR) is 81.5 cm³/mol. The van der Waals surface area contributed by atoms with Gasteiger partial charge in [-0.3, -0.25) is 0 Å². The fourth-order valence-electron chi connectivity index (χ4n) is 3.44. The topological polar surface area (TPSA) is 66.6 Å². The van der Waals surface area contributed by atoms with Crippen LogP contribution in [-0.4, -0.2) is 49.2 Å². The summed E-state index contributed by atoms with van der Waals surface area (Å²) in [5, 5.41) is 0. The van der Waals surface area contributed by atoms with Crippen LogP contribution in [0.4, 0.5) is 0 Å². The highest BCUT2D eigenvalue weighted by Crippen LogP contribution is 2.26. The van der Waals surface area contributed by atoms with Gasteiger partial charge in [-0.25, -0.2) is 0 Å². The van der Waals surface area contributed by atoms with Crippen LogP contribution in [0.25, 0.3) is 0 Å². The van der Waals surface area contributed by atoms with Crippen LogP contribution in [0.2, 0.25) is 0 Å². The molecule has 2 fully saturated rings. The van der Waals surface area contributed by atoms with E-state index >= 15 is 0 Å². The van der Waals surface area contributed by atoms with Gasteiger partial charge in [-0.15, -0.1) is 0 Å². The Balaban J connectivity index is 2.08. The van der Waals surface area contributed by atoms with Crippen molar-refractivity contribution in [1.29, 1.82) is 0 Å². The van der Waals surface area contributed by atoms with Gasteiger partial charge in [0.1, 0.15) is 0 Å². The van der Waals surface area contributed by atoms with Gasteiger partial charge in [-0.1, -0.05) is 19.8 Å². The van der Waals surface area contributed by atoms with Crippen molar-refractivity contribution in [3.63, 3.8) is 0 Å². The monoisotopic (exact) mass is 303 g/mol. The Labute approximate surface area is 123 Å². The summed E-state index contributed by atoms with van der Waals surface area (Å²) >= 11 is 0. The lowest BCUT2D eigenvalue weighted by atomic mass is 9.98. The van der Waals surface area contributed by atoms with E-state index in [-0.39, 0.29) is 6.04 Å². The van der Waals surface area contributed by atoms with Gasteiger partial charge >= 0.3 is 0 Å². The summed E-state index contributed by atoms with van der Waals surface area (Å²) in [5.74, 6) is 0.682. The highest BCUT2D eigenvalue weighted by atomic mass is 32.2. The highest BCUT2D eigenvalue weighted by molar-refractivity contribution is 7.86. The molecule has 0 aromatic heterocycles. The summed E-state index contributed by atoms with van der Waals surface area (Å²) in [7, 11) is -3.31. The standard InChI is InChI=1S/C14H29N3O2S/c1-2-13-6-5-9-16(11-8-13)20(18,19)17-10-4-3-7-14(17)12-15/h13-14H,2-12,15H2,1H3. The molecular formula is C14H29N3O2S. The Morgan fingerprint density at radius 3 is 2.55 bits per heavy atom. The zero-order chi connectivity index (χ0) is 14.6. The van der Waals surface area contributed by atoms with Gasteiger partial charge in [0.25, 0.3) is 10.2 Å². The molecule has 2 heterocycles. The molecule has 2 aliphatic rings. The lowest BCUT2D eigenvalue weighted by molar-refractivity contribution is 0.235. The number of hydrogen-bond acceptors (Lipinski definition) is 3. The molecule has 118 valence electrons. The smallest absolute Gasteiger partial charge is 0.282 e. The Hall–Kier alpha value is -0.170. The van der Waals surface area contributed by atoms with Crippen molar-refractivity contribution < 1.29 is 8.42 Å². The molecule has 0 spiro atoms. The maximum absolute atomic E-state index is 12.9. The Kier molecular flexibility index (Phi) is 5.84. The normalized spacial score (nSPS) is 31.1. The second-order valence-corrected chi connectivity index (χ2v) is 7.99. The zero-order valence-electron chi connectivity index (χ0n) is 12.6. The Morgan fingerprint density at radius 2 is 1.85 bits per heavy atom. The molecule has 0 aromatic rings. The number of rotatable bonds is 4. The van der Waals surface area contributed by atoms with Gasteiger partial charge in [0, 0.05) is 32.2 Å². The number of hydrogen-bond donors (Lipinski definition) is 1. The molecule has 0 aliphatic carbocycles. The minimum atomic E-state index is -3.31. The fourth-order valence-corrected chi connectivity index (χ4v) is 5.36. The van der Waals surface area contributed by atoms with Crippen LogP contribution < -0.4 is 5.73 Å². The molecule has 0 aromatic carbocycles. The van der Waals surface area contributed by atoms with Crippen LogP contribution in [0, 0.1) is 5.92 Å². The third kappa shape index (κ3) is 3.53. The second-order valence-electron chi connectivity index (χ2n) is 6.11. The third-order valence-electron chi connectivity index (χ3n) is 4.85. The van der Waals surface area contributed by atoms with E-state index in [0.717, 1.165) is 44.9 Å². The maximum atomic E-state index is 12.9. The van der Waals surface area contributed by atoms with Crippen molar-refractivity contribution in [2.45, 2.75) is 57.9 Å². The first-order chi connectivity index (χ1) is 9.59. The van der Waals surface area contributed by atoms with Gasteiger partial charge in [0.15, 0.2) is 0 Å². The quantitative estimate of drug-likeness (QED) is 0.857. The van der Waals surface area contributed by atoms with E-state index in [1.54, 1.807) is 8.61 Å². The molecule has 2 unspecified atom stereocenters. The molecule has 0 saturated carbocycles. The van der Waals surface area contributed by atoms with E-state index < -0.39 is 10.2 Å². The van der Waals surface area contributed by atoms with Crippen molar-refractivity contribution in [2.75, 3.05) is 26.2 Å². The molecule has 0 amide bonds. The zero-order valence-corrected chi connectivity index (χ0v) is 13.4. The minimum absolute atomic E-state index is 0.000949. The summed E-state index contributed by atoms with van der Waals surface area (Å²) in [5.41, 5.74) is 5.77. The first-order valence-electron chi connectivity index (χ1n) is 8.06. The van der Waals surface area contributed by atoms with E-state index in [1.165, 1.54) is 0 Å². The van der Waals surface area contributed by atoms with Gasteiger partial charge in [0.2, 0.25) is 0 Å². The van der Waals surface area contributed by atoms with Gasteiger partial charge in [-0.2, -0.15) is 17.0 Å². The number of piperidine rings is 1. The summed E-state index contributed by atoms with van der Waals surface area (Å²) in [6, 6.07) is -0.000949. The average Bonchev–Trinajstić information content (AvgIpc) is 2.73. The third-order valence-corrected chi connectivity index (χ3v) is 6.94. The summed E-state index contributed by atoms with van der Waals surface area (Å²) in [6.07, 6.45) is 7.25. The minimum Gasteiger partial charge on any atom is -0.329 e. The lowest BCUT2D eigenvalue weighted by Gasteiger charge is -2.37. The SMILES string of the molecule is CCC1CCCN(S(=O)(=O)N2CCCCC2CN)CC1. The fraction of sp³-hybridized carbons (Fsp3) is 1.00. The molecule has 0 bridgehead atoms. The first-order valence-corrected chi connectivity index (χ1v) is 9.46. The van der Waals surface area contributed by atoms with Crippen molar-refractivity contribution in [1.82, 2.24) is 8.61 Å². The largest absolute Gasteiger partial charge is 0.329 e. The van der Waals surface area contributed by atoms with Crippen molar-refractivity contribution in [3.05, 3.63) is 0 Å². The highest BCUT2D eigenvalue weighted by Gasteiger charge is 2.36. The van der Waals surface area contributed by atoms with Crippen LogP contribution in [0.3, 0.4) is 0 Å². The summed E-state index contributed by atoms with van der Waals surface area (Å²) in [4.78, 5) is 0. The van der Waals surface area contributed by atoms with E-state index in [1.807, 2.05) is 0 Å². The average molecular weight is 303 g/mol. The van der Waals surface area contributed by atoms with E-state index in [2.05, 4.69) is 6.92 Å². The van der Waals surface area contributed by atoms with Crippen LogP contribution in [0.15, 0.2) is 0 Å². The van der Waals surface area contributed by atoms with Gasteiger partial charge in [-0.05, 0) is 38.0 Å². The van der Waals surface area contributed by atoms with Crippen molar-refractivity contribution in [3.8, 4) is 0 Å². The summed E-state index contributed by atoms with van der Waals surface area (Å²) < 4.78 is 29.1. The molecule has 5 nitrogen and oxygen atoms in total. The maximum Gasteiger partial charge on any atom is 0.282 e. The molecule has 20 heavy (non-hydrogen) atoms. The Bertz CT molecular complexity index is 399. The van der Waals surface area contributed by atoms with E-state index in [9.17, 15) is 8.42 Å². The predicted octanol–water partition coefficient (Wildman–Crippen LogP) is 1.56. The number of nitrogens with two attached hydrogens (primary N) is 1. The van der Waals surface area contributed by atoms with Crippen molar-refractivity contribution >= 4 is 10.2 Å². The molecule has 2 saturated heterocycles. The van der Waals surface area contributed by atoms with Gasteiger partial charge in [0.05, 0.1) is 0 Å². The summed E-state index contributed by atoms with van der Waals surface area (Å²) in [6.45, 7) is 4.62. The van der Waals surface area contributed by atoms with Crippen LogP contribution >= 0.6 is 0 Å². The Morgan fingerprint density at radius 1 is 1.05 bits per heavy atom. The molecule has 0 radical (unpaired) electrons. The van der Waals surface area contributed by atoms with Crippen molar-refractivity contribution in [2.24, 2.45) is 11.7 Å². The molecule has 6 heteroatoms. The van der Waals surface area contributed by atoms with Gasteiger partial charge < -0.3 is 5.73 Å². The van der Waals surface area contributed by atoms with Crippen LogP contribution in [0.1, 0.15) is 51.9 Å². The van der Waals surface area contributed by atoms with E-state index in [4.69, 9.17) is 5.73 Å². The molecule has 2 N–H and O–H groups in total. The molecular weight excluding hydrogens is 274 g/mol. The molecule has 2 atom stereocenters.